The molecular weight excluding hydrogens is 308 g/mol. The first kappa shape index (κ1) is 16.4. The van der Waals surface area contributed by atoms with Gasteiger partial charge in [0.2, 0.25) is 0 Å². The van der Waals surface area contributed by atoms with Crippen LogP contribution < -0.4 is 9.80 Å². The van der Waals surface area contributed by atoms with E-state index in [4.69, 9.17) is 9.15 Å². The number of phenolic OH excluding ortho intramolecular Hbond substituents is 1. The number of anilines is 1. The van der Waals surface area contributed by atoms with E-state index in [-0.39, 0.29) is 11.7 Å². The molecule has 1 aliphatic rings. The van der Waals surface area contributed by atoms with Crippen LogP contribution in [0, 0.1) is 6.92 Å². The largest absolute Gasteiger partial charge is 0.508 e. The Morgan fingerprint density at radius 2 is 1.96 bits per heavy atom. The zero-order valence-corrected chi connectivity index (χ0v) is 14.0. The van der Waals surface area contributed by atoms with Crippen molar-refractivity contribution in [2.45, 2.75) is 13.5 Å². The number of benzene rings is 1. The highest BCUT2D eigenvalue weighted by Crippen LogP contribution is 2.18. The van der Waals surface area contributed by atoms with Crippen LogP contribution in [0.4, 0.5) is 5.69 Å². The van der Waals surface area contributed by atoms with E-state index >= 15 is 0 Å². The fourth-order valence-electron chi connectivity index (χ4n) is 3.11. The van der Waals surface area contributed by atoms with Crippen LogP contribution in [-0.4, -0.2) is 44.4 Å². The third-order valence-electron chi connectivity index (χ3n) is 4.48. The van der Waals surface area contributed by atoms with Gasteiger partial charge in [0.25, 0.3) is 0 Å². The molecule has 1 aromatic heterocycles. The minimum Gasteiger partial charge on any atom is -0.508 e. The zero-order valence-electron chi connectivity index (χ0n) is 14.0. The third-order valence-corrected chi connectivity index (χ3v) is 4.48. The second-order valence-corrected chi connectivity index (χ2v) is 6.10. The standard InChI is InChI=1S/C18H22N2O4/c1-13-17(18(22)23-2)11-16(24-13)12-19-7-9-20(10-8-19)14-3-5-15(21)6-4-14/h3-6,11,21H,7-10,12H2,1-2H3/p+1. The van der Waals surface area contributed by atoms with Gasteiger partial charge in [0.05, 0.1) is 33.3 Å². The Bertz CT molecular complexity index is 700. The van der Waals surface area contributed by atoms with Gasteiger partial charge in [0.15, 0.2) is 5.76 Å². The average molecular weight is 331 g/mol. The molecule has 0 radical (unpaired) electrons. The van der Waals surface area contributed by atoms with Gasteiger partial charge in [0.1, 0.15) is 23.6 Å². The number of nitrogens with one attached hydrogen (secondary N) is 1. The summed E-state index contributed by atoms with van der Waals surface area (Å²) in [6.07, 6.45) is 0. The van der Waals surface area contributed by atoms with Crippen LogP contribution >= 0.6 is 0 Å². The summed E-state index contributed by atoms with van der Waals surface area (Å²) in [5.74, 6) is 1.37. The normalized spacial score (nSPS) is 15.5. The first-order valence-electron chi connectivity index (χ1n) is 8.12. The van der Waals surface area contributed by atoms with Gasteiger partial charge in [-0.05, 0) is 31.2 Å². The smallest absolute Gasteiger partial charge is 0.341 e. The number of hydrogen-bond donors (Lipinski definition) is 2. The number of phenols is 1. The van der Waals surface area contributed by atoms with E-state index in [9.17, 15) is 9.90 Å². The van der Waals surface area contributed by atoms with E-state index in [2.05, 4.69) is 4.90 Å². The van der Waals surface area contributed by atoms with Crippen molar-refractivity contribution in [2.75, 3.05) is 38.2 Å². The van der Waals surface area contributed by atoms with E-state index < -0.39 is 0 Å². The number of aryl methyl sites for hydroxylation is 1. The molecule has 0 amide bonds. The van der Waals surface area contributed by atoms with Crippen molar-refractivity contribution >= 4 is 11.7 Å². The Hall–Kier alpha value is -2.47. The van der Waals surface area contributed by atoms with Crippen LogP contribution in [0.5, 0.6) is 5.75 Å². The van der Waals surface area contributed by atoms with Gasteiger partial charge in [-0.3, -0.25) is 0 Å². The van der Waals surface area contributed by atoms with E-state index in [0.29, 0.717) is 11.3 Å². The first-order valence-corrected chi connectivity index (χ1v) is 8.12. The van der Waals surface area contributed by atoms with Gasteiger partial charge >= 0.3 is 5.97 Å². The number of carbonyl (C=O) groups is 1. The minimum atomic E-state index is -0.352. The van der Waals surface area contributed by atoms with Crippen LogP contribution in [0.3, 0.4) is 0 Å². The first-order chi connectivity index (χ1) is 11.6. The lowest BCUT2D eigenvalue weighted by Gasteiger charge is -2.33. The fraction of sp³-hybridized carbons (Fsp3) is 0.389. The minimum absolute atomic E-state index is 0.289. The topological polar surface area (TPSA) is 67.4 Å². The van der Waals surface area contributed by atoms with Crippen molar-refractivity contribution in [3.8, 4) is 5.75 Å². The van der Waals surface area contributed by atoms with E-state index in [1.165, 1.54) is 12.0 Å². The molecule has 0 spiro atoms. The summed E-state index contributed by atoms with van der Waals surface area (Å²) in [4.78, 5) is 15.4. The molecular formula is C18H23N2O4+. The van der Waals surface area contributed by atoms with Crippen LogP contribution in [-0.2, 0) is 11.3 Å². The summed E-state index contributed by atoms with van der Waals surface area (Å²) in [5, 5.41) is 9.38. The van der Waals surface area contributed by atoms with Crippen molar-refractivity contribution in [1.29, 1.82) is 0 Å². The van der Waals surface area contributed by atoms with Crippen molar-refractivity contribution in [1.82, 2.24) is 0 Å². The van der Waals surface area contributed by atoms with Gasteiger partial charge < -0.3 is 24.1 Å². The van der Waals surface area contributed by atoms with Gasteiger partial charge in [-0.1, -0.05) is 0 Å². The maximum absolute atomic E-state index is 11.7. The molecule has 128 valence electrons. The van der Waals surface area contributed by atoms with Crippen LogP contribution in [0.25, 0.3) is 0 Å². The van der Waals surface area contributed by atoms with Crippen LogP contribution in [0.2, 0.25) is 0 Å². The molecule has 1 aromatic carbocycles. The molecule has 0 bridgehead atoms. The van der Waals surface area contributed by atoms with E-state index in [1.807, 2.05) is 12.1 Å². The molecule has 1 aliphatic heterocycles. The highest BCUT2D eigenvalue weighted by Gasteiger charge is 2.23. The maximum atomic E-state index is 11.7. The Kier molecular flexibility index (Phi) is 4.76. The number of ether oxygens (including phenoxy) is 1. The number of furan rings is 1. The highest BCUT2D eigenvalue weighted by atomic mass is 16.5. The number of hydrogen-bond acceptors (Lipinski definition) is 5. The summed E-state index contributed by atoms with van der Waals surface area (Å²) >= 11 is 0. The van der Waals surface area contributed by atoms with Gasteiger partial charge in [0, 0.05) is 11.8 Å². The third kappa shape index (κ3) is 3.54. The van der Waals surface area contributed by atoms with Crippen molar-refractivity contribution in [3.05, 3.63) is 47.4 Å². The Morgan fingerprint density at radius 3 is 2.58 bits per heavy atom. The predicted molar refractivity (Wildman–Crippen MR) is 89.5 cm³/mol. The molecule has 2 heterocycles. The van der Waals surface area contributed by atoms with Crippen molar-refractivity contribution in [3.63, 3.8) is 0 Å². The highest BCUT2D eigenvalue weighted by molar-refractivity contribution is 5.90. The molecule has 24 heavy (non-hydrogen) atoms. The lowest BCUT2D eigenvalue weighted by Crippen LogP contribution is -3.13. The van der Waals surface area contributed by atoms with Crippen molar-refractivity contribution in [2.24, 2.45) is 0 Å². The van der Waals surface area contributed by atoms with Gasteiger partial charge in [-0.15, -0.1) is 0 Å². The summed E-state index contributed by atoms with van der Waals surface area (Å²) in [5.41, 5.74) is 1.64. The second kappa shape index (κ2) is 6.97. The Labute approximate surface area is 141 Å². The SMILES string of the molecule is COC(=O)c1cc(C[NH+]2CCN(c3ccc(O)cc3)CC2)oc1C. The lowest BCUT2D eigenvalue weighted by molar-refractivity contribution is -0.915. The monoisotopic (exact) mass is 331 g/mol. The molecule has 2 aromatic rings. The number of methoxy groups -OCH3 is 1. The van der Waals surface area contributed by atoms with Gasteiger partial charge in [-0.2, -0.15) is 0 Å². The van der Waals surface area contributed by atoms with Crippen molar-refractivity contribution < 1.29 is 24.0 Å². The zero-order chi connectivity index (χ0) is 17.1. The summed E-state index contributed by atoms with van der Waals surface area (Å²) in [7, 11) is 1.38. The molecule has 0 saturated carbocycles. The molecule has 0 atom stereocenters. The Morgan fingerprint density at radius 1 is 1.29 bits per heavy atom. The Balaban J connectivity index is 1.57. The number of esters is 1. The average Bonchev–Trinajstić information content (AvgIpc) is 2.96. The number of aromatic hydroxyl groups is 1. The van der Waals surface area contributed by atoms with E-state index in [1.54, 1.807) is 25.1 Å². The lowest BCUT2D eigenvalue weighted by atomic mass is 10.2. The number of nitrogens with zero attached hydrogens (tertiary/aromatic N) is 1. The summed E-state index contributed by atoms with van der Waals surface area (Å²) in [6.45, 7) is 6.44. The van der Waals surface area contributed by atoms with E-state index in [0.717, 1.165) is 44.2 Å². The molecule has 2 N–H and O–H groups in total. The molecule has 0 aliphatic carbocycles. The summed E-state index contributed by atoms with van der Waals surface area (Å²) < 4.78 is 10.5. The maximum Gasteiger partial charge on any atom is 0.341 e. The van der Waals surface area contributed by atoms with Crippen LogP contribution in [0.15, 0.2) is 34.7 Å². The molecule has 6 heteroatoms. The number of carbonyl (C=O) groups excluding carboxylic acids is 1. The molecule has 6 nitrogen and oxygen atoms in total. The second-order valence-electron chi connectivity index (χ2n) is 6.10. The quantitative estimate of drug-likeness (QED) is 0.818. The fourth-order valence-corrected chi connectivity index (χ4v) is 3.11. The van der Waals surface area contributed by atoms with Crippen LogP contribution in [0.1, 0.15) is 21.9 Å². The molecule has 1 fully saturated rings. The number of rotatable bonds is 4. The predicted octanol–water partition coefficient (Wildman–Crippen LogP) is 0.985. The number of quaternary nitrogens is 1. The summed E-state index contributed by atoms with van der Waals surface area (Å²) in [6, 6.07) is 9.11. The molecule has 0 unspecified atom stereocenters. The molecule has 3 rings (SSSR count). The van der Waals surface area contributed by atoms with Gasteiger partial charge in [-0.25, -0.2) is 4.79 Å². The number of piperazine rings is 1. The molecule has 1 saturated heterocycles.